The van der Waals surface area contributed by atoms with Crippen LogP contribution in [-0.2, 0) is 6.42 Å². The number of hydrogen-bond donors (Lipinski definition) is 1. The normalized spacial score (nSPS) is 24.4. The van der Waals surface area contributed by atoms with Gasteiger partial charge in [0.1, 0.15) is 0 Å². The van der Waals surface area contributed by atoms with E-state index < -0.39 is 0 Å². The van der Waals surface area contributed by atoms with Gasteiger partial charge in [-0.3, -0.25) is 0 Å². The Bertz CT molecular complexity index is 380. The Morgan fingerprint density at radius 1 is 1.31 bits per heavy atom. The molecule has 16 heavy (non-hydrogen) atoms. The number of halogens is 1. The van der Waals surface area contributed by atoms with Crippen molar-refractivity contribution < 1.29 is 5.11 Å². The highest BCUT2D eigenvalue weighted by Gasteiger charge is 2.66. The summed E-state index contributed by atoms with van der Waals surface area (Å²) in [6, 6.07) is 4.15. The number of aliphatic hydroxyl groups is 1. The molecular weight excluding hydrogens is 284 g/mol. The highest BCUT2D eigenvalue weighted by molar-refractivity contribution is 9.11. The van der Waals surface area contributed by atoms with Gasteiger partial charge in [-0.2, -0.15) is 0 Å². The predicted molar refractivity (Wildman–Crippen MR) is 72.8 cm³/mol. The van der Waals surface area contributed by atoms with E-state index in [-0.39, 0.29) is 16.9 Å². The molecule has 0 amide bonds. The zero-order valence-electron chi connectivity index (χ0n) is 10.2. The van der Waals surface area contributed by atoms with Crippen molar-refractivity contribution in [3.8, 4) is 0 Å². The lowest BCUT2D eigenvalue weighted by Crippen LogP contribution is -2.16. The van der Waals surface area contributed by atoms with Crippen LogP contribution in [0.2, 0.25) is 0 Å². The van der Waals surface area contributed by atoms with Crippen LogP contribution in [0.5, 0.6) is 0 Å². The first kappa shape index (κ1) is 12.6. The van der Waals surface area contributed by atoms with Gasteiger partial charge in [0.25, 0.3) is 0 Å². The predicted octanol–water partition coefficient (Wildman–Crippen LogP) is 4.10. The summed E-state index contributed by atoms with van der Waals surface area (Å²) in [6.45, 7) is 9.02. The van der Waals surface area contributed by atoms with E-state index >= 15 is 0 Å². The fraction of sp³-hybridized carbons (Fsp3) is 0.692. The van der Waals surface area contributed by atoms with Crippen LogP contribution in [0.3, 0.4) is 0 Å². The Kier molecular flexibility index (Phi) is 3.01. The first-order chi connectivity index (χ1) is 7.26. The average molecular weight is 303 g/mol. The van der Waals surface area contributed by atoms with Crippen LogP contribution in [0.1, 0.15) is 32.6 Å². The van der Waals surface area contributed by atoms with Gasteiger partial charge in [0.05, 0.1) is 9.89 Å². The highest BCUT2D eigenvalue weighted by atomic mass is 79.9. The third-order valence-corrected chi connectivity index (χ3v) is 6.20. The SMILES string of the molecule is CC1(C)C(C(O)Cc2ccc(Br)s2)C1(C)C. The van der Waals surface area contributed by atoms with Crippen molar-refractivity contribution in [3.63, 3.8) is 0 Å². The molecule has 1 aromatic heterocycles. The largest absolute Gasteiger partial charge is 0.392 e. The number of aliphatic hydroxyl groups excluding tert-OH is 1. The van der Waals surface area contributed by atoms with Gasteiger partial charge in [-0.15, -0.1) is 11.3 Å². The summed E-state index contributed by atoms with van der Waals surface area (Å²) in [7, 11) is 0. The van der Waals surface area contributed by atoms with Crippen LogP contribution >= 0.6 is 27.3 Å². The van der Waals surface area contributed by atoms with Crippen molar-refractivity contribution >= 4 is 27.3 Å². The van der Waals surface area contributed by atoms with Crippen LogP contribution in [0, 0.1) is 16.7 Å². The minimum atomic E-state index is -0.212. The van der Waals surface area contributed by atoms with Gasteiger partial charge in [-0.25, -0.2) is 0 Å². The second kappa shape index (κ2) is 3.82. The highest BCUT2D eigenvalue weighted by Crippen LogP contribution is 2.69. The Hall–Kier alpha value is 0.140. The molecule has 1 aliphatic carbocycles. The zero-order valence-corrected chi connectivity index (χ0v) is 12.7. The molecule has 0 radical (unpaired) electrons. The minimum absolute atomic E-state index is 0.212. The zero-order chi connectivity index (χ0) is 12.1. The molecule has 0 aromatic carbocycles. The lowest BCUT2D eigenvalue weighted by atomic mass is 10.0. The van der Waals surface area contributed by atoms with Crippen LogP contribution in [0.15, 0.2) is 15.9 Å². The van der Waals surface area contributed by atoms with Crippen molar-refractivity contribution in [2.75, 3.05) is 0 Å². The minimum Gasteiger partial charge on any atom is -0.392 e. The van der Waals surface area contributed by atoms with E-state index in [4.69, 9.17) is 0 Å². The number of thiophene rings is 1. The van der Waals surface area contributed by atoms with Crippen LogP contribution in [-0.4, -0.2) is 11.2 Å². The third-order valence-electron chi connectivity index (χ3n) is 4.56. The molecule has 1 N–H and O–H groups in total. The molecule has 0 aliphatic heterocycles. The van der Waals surface area contributed by atoms with E-state index in [1.54, 1.807) is 11.3 Å². The van der Waals surface area contributed by atoms with Gasteiger partial charge in [0.2, 0.25) is 0 Å². The van der Waals surface area contributed by atoms with E-state index in [1.165, 1.54) is 4.88 Å². The summed E-state index contributed by atoms with van der Waals surface area (Å²) >= 11 is 5.17. The maximum atomic E-state index is 10.3. The fourth-order valence-electron chi connectivity index (χ4n) is 2.99. The monoisotopic (exact) mass is 302 g/mol. The lowest BCUT2D eigenvalue weighted by molar-refractivity contribution is 0.130. The third kappa shape index (κ3) is 1.87. The molecule has 1 saturated carbocycles. The molecular formula is C13H19BrOS. The summed E-state index contributed by atoms with van der Waals surface area (Å²) < 4.78 is 1.14. The Morgan fingerprint density at radius 2 is 1.88 bits per heavy atom. The molecule has 1 fully saturated rings. The molecule has 90 valence electrons. The van der Waals surface area contributed by atoms with E-state index in [1.807, 2.05) is 0 Å². The summed E-state index contributed by atoms with van der Waals surface area (Å²) in [5.41, 5.74) is 0.530. The maximum Gasteiger partial charge on any atom is 0.0701 e. The van der Waals surface area contributed by atoms with E-state index in [0.29, 0.717) is 5.92 Å². The molecule has 1 atom stereocenters. The van der Waals surface area contributed by atoms with E-state index in [0.717, 1.165) is 10.2 Å². The van der Waals surface area contributed by atoms with Crippen LogP contribution in [0.25, 0.3) is 0 Å². The summed E-state index contributed by atoms with van der Waals surface area (Å²) in [5, 5.41) is 10.3. The molecule has 3 heteroatoms. The topological polar surface area (TPSA) is 20.2 Å². The van der Waals surface area contributed by atoms with Crippen LogP contribution < -0.4 is 0 Å². The standard InChI is InChI=1S/C13H19BrOS/c1-12(2)11(13(12,3)4)9(15)7-8-5-6-10(14)16-8/h5-6,9,11,15H,7H2,1-4H3. The van der Waals surface area contributed by atoms with Gasteiger partial charge < -0.3 is 5.11 Å². The van der Waals surface area contributed by atoms with Crippen molar-refractivity contribution in [2.45, 2.75) is 40.2 Å². The quantitative estimate of drug-likeness (QED) is 0.891. The second-order valence-electron chi connectivity index (χ2n) is 5.90. The number of rotatable bonds is 3. The van der Waals surface area contributed by atoms with Crippen molar-refractivity contribution in [3.05, 3.63) is 20.8 Å². The molecule has 0 bridgehead atoms. The smallest absolute Gasteiger partial charge is 0.0701 e. The van der Waals surface area contributed by atoms with Crippen molar-refractivity contribution in [1.29, 1.82) is 0 Å². The van der Waals surface area contributed by atoms with Gasteiger partial charge in [0.15, 0.2) is 0 Å². The van der Waals surface area contributed by atoms with Gasteiger partial charge in [-0.1, -0.05) is 27.7 Å². The van der Waals surface area contributed by atoms with Crippen molar-refractivity contribution in [2.24, 2.45) is 16.7 Å². The van der Waals surface area contributed by atoms with Crippen LogP contribution in [0.4, 0.5) is 0 Å². The van der Waals surface area contributed by atoms with Gasteiger partial charge in [-0.05, 0) is 44.8 Å². The fourth-order valence-corrected chi connectivity index (χ4v) is 4.53. The lowest BCUT2D eigenvalue weighted by Gasteiger charge is -2.11. The Morgan fingerprint density at radius 3 is 2.25 bits per heavy atom. The summed E-state index contributed by atoms with van der Waals surface area (Å²) in [4.78, 5) is 1.26. The molecule has 2 rings (SSSR count). The van der Waals surface area contributed by atoms with E-state index in [9.17, 15) is 5.11 Å². The van der Waals surface area contributed by atoms with Gasteiger partial charge in [0, 0.05) is 11.3 Å². The average Bonchev–Trinajstić information content (AvgIpc) is 2.44. The molecule has 1 aliphatic rings. The maximum absolute atomic E-state index is 10.3. The Balaban J connectivity index is 2.03. The second-order valence-corrected chi connectivity index (χ2v) is 8.45. The van der Waals surface area contributed by atoms with Crippen molar-refractivity contribution in [1.82, 2.24) is 0 Å². The molecule has 1 heterocycles. The summed E-state index contributed by atoms with van der Waals surface area (Å²) in [5.74, 6) is 0.417. The number of hydrogen-bond acceptors (Lipinski definition) is 2. The van der Waals surface area contributed by atoms with Gasteiger partial charge >= 0.3 is 0 Å². The molecule has 0 saturated heterocycles. The first-order valence-corrected chi connectivity index (χ1v) is 7.30. The summed E-state index contributed by atoms with van der Waals surface area (Å²) in [6.07, 6.45) is 0.573. The molecule has 1 unspecified atom stereocenters. The Labute approximate surface area is 110 Å². The molecule has 1 nitrogen and oxygen atoms in total. The molecule has 0 spiro atoms. The first-order valence-electron chi connectivity index (χ1n) is 5.69. The molecule has 1 aromatic rings. The van der Waals surface area contributed by atoms with E-state index in [2.05, 4.69) is 55.8 Å².